The molecule has 0 radical (unpaired) electrons. The molecule has 4 aromatic heterocycles. The quantitative estimate of drug-likeness (QED) is 0.0201. The van der Waals surface area contributed by atoms with E-state index in [0.29, 0.717) is 201 Å². The van der Waals surface area contributed by atoms with Crippen molar-refractivity contribution in [2.24, 2.45) is 15.0 Å². The lowest BCUT2D eigenvalue weighted by atomic mass is 9.95. The Bertz CT molecular complexity index is 6380. The average molecular weight is 2030 g/mol. The van der Waals surface area contributed by atoms with Gasteiger partial charge in [0.05, 0.1) is 72.9 Å². The first kappa shape index (κ1) is 95.5. The van der Waals surface area contributed by atoms with Gasteiger partial charge in [-0.1, -0.05) is 99.3 Å². The molecular weight excluding hydrogens is 1950 g/mol. The van der Waals surface area contributed by atoms with E-state index in [1.165, 1.54) is 109 Å². The number of benzene rings is 5. The Labute approximate surface area is 811 Å². The van der Waals surface area contributed by atoms with Gasteiger partial charge in [-0.2, -0.15) is 0 Å². The summed E-state index contributed by atoms with van der Waals surface area (Å²) >= 11 is 28.2. The first-order chi connectivity index (χ1) is 65.1. The number of ether oxygens (including phenoxy) is 3. The lowest BCUT2D eigenvalue weighted by molar-refractivity contribution is -0.139. The lowest BCUT2D eigenvalue weighted by Crippen LogP contribution is -2.53. The summed E-state index contributed by atoms with van der Waals surface area (Å²) in [7, 11) is 2.62. The molecule has 0 aliphatic carbocycles. The fourth-order valence-electron chi connectivity index (χ4n) is 17.1. The fraction of sp³-hybridized carbons (Fsp3) is 0.283. The van der Waals surface area contributed by atoms with Crippen molar-refractivity contribution in [3.05, 3.63) is 275 Å². The minimum atomic E-state index is -1.03. The van der Waals surface area contributed by atoms with Crippen LogP contribution in [-0.2, 0) is 43.0 Å². The largest absolute Gasteiger partial charge is 0.478 e. The van der Waals surface area contributed by atoms with E-state index in [0.717, 1.165) is 34.7 Å². The lowest BCUT2D eigenvalue weighted by Gasteiger charge is -2.38. The third-order valence-corrected chi connectivity index (χ3v) is 28.2. The number of carboxylic acid groups (broad SMARTS) is 2. The van der Waals surface area contributed by atoms with Crippen LogP contribution in [0, 0.1) is 11.6 Å². The summed E-state index contributed by atoms with van der Waals surface area (Å²) < 4.78 is 45.0. The van der Waals surface area contributed by atoms with E-state index in [1.807, 2.05) is 60.5 Å². The van der Waals surface area contributed by atoms with Crippen LogP contribution >= 0.6 is 96.1 Å². The number of amidine groups is 3. The van der Waals surface area contributed by atoms with Gasteiger partial charge in [0.1, 0.15) is 29.8 Å². The Kier molecular flexibility index (Phi) is 30.1. The minimum absolute atomic E-state index is 0.0720. The van der Waals surface area contributed by atoms with Gasteiger partial charge in [-0.25, -0.2) is 67.1 Å². The molecule has 6 amide bonds. The number of ketones is 1. The van der Waals surface area contributed by atoms with Crippen molar-refractivity contribution in [2.75, 3.05) is 134 Å². The molecule has 698 valence electrons. The number of urea groups is 3. The minimum Gasteiger partial charge on any atom is -0.478 e. The van der Waals surface area contributed by atoms with Crippen LogP contribution in [-0.4, -0.2) is 268 Å². The maximum absolute atomic E-state index is 14.6. The summed E-state index contributed by atoms with van der Waals surface area (Å²) in [6.45, 7) is 10.7. The van der Waals surface area contributed by atoms with E-state index in [2.05, 4.69) is 66.5 Å². The summed E-state index contributed by atoms with van der Waals surface area (Å²) in [6.07, 6.45) is 13.3. The number of anilines is 3. The number of halogens is 6. The predicted octanol–water partition coefficient (Wildman–Crippen LogP) is 13.5. The normalized spacial score (nSPS) is 20.4. The second-order valence-corrected chi connectivity index (χ2v) is 37.4. The molecule has 13 heterocycles. The first-order valence-electron chi connectivity index (χ1n) is 42.3. The maximum atomic E-state index is 14.6. The SMILES string of the molecule is CCOC(=O)C1=C(CN2CCN3C(=O)N(c4ccc(/C=C/C(=O)O)cc4)C[C@@H]3C2)NC(c2nccs2)=N[C@H]1c1ccc(F)cc1Br.COC(=O)C1=C(CN2CCN3C(=O)N(c4ccc(/C=C/C(=O)O)cc4)C[C@@H]3C2)NC(c2nccs2)=N[C@H]1c1ccc(Cl)cc1Cl.COC(=O)C1=C(CN2CCN3C(=O)N(c4nc(/C=C/C(C)=O)cs4)C[C@@H]3C2)NC(c2nccs2)=N[C@H]1c1cccc(F)c1Cl. The summed E-state index contributed by atoms with van der Waals surface area (Å²) in [5.74, 6) is -3.37. The molecule has 9 aliphatic rings. The van der Waals surface area contributed by atoms with E-state index in [-0.39, 0.29) is 59.2 Å². The van der Waals surface area contributed by atoms with Gasteiger partial charge in [-0.3, -0.25) is 49.2 Å². The van der Waals surface area contributed by atoms with Crippen molar-refractivity contribution >= 4 is 202 Å². The predicted molar refractivity (Wildman–Crippen MR) is 514 cm³/mol. The van der Waals surface area contributed by atoms with E-state index in [9.17, 15) is 51.9 Å². The zero-order valence-electron chi connectivity index (χ0n) is 72.4. The number of aliphatic carboxylic acids is 2. The van der Waals surface area contributed by atoms with Crippen LogP contribution < -0.4 is 30.7 Å². The second-order valence-electron chi connectivity index (χ2n) is 31.8. The number of nitrogens with zero attached hydrogens (tertiary/aromatic N) is 16. The second kappa shape index (κ2) is 42.5. The number of allylic oxidation sites excluding steroid dienone is 1. The summed E-state index contributed by atoms with van der Waals surface area (Å²) in [5, 5.41) is 38.3. The number of thiazole rings is 4. The number of nitrogens with one attached hydrogen (secondary N) is 3. The third-order valence-electron chi connectivity index (χ3n) is 23.3. The zero-order valence-corrected chi connectivity index (χ0v) is 79.6. The number of hydrogen-bond donors (Lipinski definition) is 5. The first-order valence-corrected chi connectivity index (χ1v) is 47.8. The van der Waals surface area contributed by atoms with Crippen LogP contribution in [0.15, 0.2) is 215 Å². The molecule has 9 aliphatic heterocycles. The standard InChI is InChI=1S/C32H30BrFN6O5S.C31H28Cl2N6O5S.C29H27ClFN7O4S2/c1-2-45-31(43)27-25(36-29(30-35-11-14-46-30)37-28(27)23-9-6-20(34)15-24(23)33)18-38-12-13-39-22(16-38)17-40(32(39)44)21-7-3-19(4-8-21)5-10-26(41)42;1-44-30(42)26-24(35-28(29-34-10-13-45-29)36-27(26)22-8-5-19(32)14-23(22)33)17-37-11-12-38-21(15-37)16-39(31(38)43)20-6-2-18(3-7-20)4-9-25(40)41;1-16(39)6-7-17-15-44-28(33-17)38-13-18-12-36(9-10-37(18)29(38)41)14-21-22(27(40)42-2)24(19-4-3-5-20(31)23(19)30)35-25(34-21)26-32-8-11-43-26/h3-11,14-15,22,28H,2,12-13,16-18H2,1H3,(H,36,37)(H,41,42);2-10,13-14,21,27H,11-12,15-17H2,1H3,(H,35,36)(H,40,41);3-8,11,15,18,24H,9-10,12-14H2,1-2H3,(H,34,35)/b10-5+;9-4+;7-6+/t22-,28-;21-,27-;18-,24-/m000/s1. The van der Waals surface area contributed by atoms with E-state index < -0.39 is 59.6 Å². The van der Waals surface area contributed by atoms with Gasteiger partial charge in [-0.15, -0.1) is 45.3 Å². The molecular formula is C92H85BrCl3F2N19O14S4. The van der Waals surface area contributed by atoms with E-state index in [1.54, 1.807) is 101 Å². The number of amides is 6. The molecule has 18 rings (SSSR count). The number of piperazine rings is 3. The molecule has 0 saturated carbocycles. The van der Waals surface area contributed by atoms with Gasteiger partial charge in [0.2, 0.25) is 0 Å². The van der Waals surface area contributed by atoms with Crippen molar-refractivity contribution in [3.8, 4) is 0 Å². The Morgan fingerprint density at radius 3 is 1.38 bits per heavy atom. The number of methoxy groups -OCH3 is 2. The van der Waals surface area contributed by atoms with Crippen molar-refractivity contribution in [2.45, 2.75) is 50.1 Å². The van der Waals surface area contributed by atoms with Gasteiger partial charge in [0, 0.05) is 198 Å². The summed E-state index contributed by atoms with van der Waals surface area (Å²) in [5.41, 5.74) is 7.77. The fourth-order valence-corrected chi connectivity index (χ4v) is 20.9. The van der Waals surface area contributed by atoms with Crippen molar-refractivity contribution in [1.82, 2.24) is 65.3 Å². The number of esters is 3. The highest BCUT2D eigenvalue weighted by atomic mass is 79.9. The van der Waals surface area contributed by atoms with Gasteiger partial charge < -0.3 is 55.1 Å². The molecule has 6 fully saturated rings. The van der Waals surface area contributed by atoms with Crippen molar-refractivity contribution in [1.29, 1.82) is 0 Å². The van der Waals surface area contributed by atoms with E-state index in [4.69, 9.17) is 74.2 Å². The third kappa shape index (κ3) is 21.7. The monoisotopic (exact) mass is 2030 g/mol. The van der Waals surface area contributed by atoms with Crippen LogP contribution in [0.2, 0.25) is 15.1 Å². The smallest absolute Gasteiger partial charge is 0.338 e. The number of carbonyl (C=O) groups is 9. The number of carboxylic acids is 2. The van der Waals surface area contributed by atoms with Gasteiger partial charge in [0.25, 0.3) is 0 Å². The summed E-state index contributed by atoms with van der Waals surface area (Å²) in [6, 6.07) is 25.2. The molecule has 9 aromatic rings. The topological polar surface area (TPSA) is 376 Å². The van der Waals surface area contributed by atoms with Crippen LogP contribution in [0.1, 0.15) is 80.5 Å². The van der Waals surface area contributed by atoms with Gasteiger partial charge in [-0.05, 0) is 109 Å². The zero-order chi connectivity index (χ0) is 95.0. The van der Waals surface area contributed by atoms with Crippen molar-refractivity contribution in [3.63, 3.8) is 0 Å². The average Bonchev–Trinajstić information content (AvgIpc) is 1.39. The number of hydrogen-bond acceptors (Lipinski definition) is 29. The summed E-state index contributed by atoms with van der Waals surface area (Å²) in [4.78, 5) is 163. The Morgan fingerprint density at radius 2 is 0.956 bits per heavy atom. The van der Waals surface area contributed by atoms with Gasteiger partial charge >= 0.3 is 47.9 Å². The van der Waals surface area contributed by atoms with Crippen LogP contribution in [0.4, 0.5) is 39.7 Å². The van der Waals surface area contributed by atoms with Crippen LogP contribution in [0.5, 0.6) is 0 Å². The number of aromatic nitrogens is 4. The maximum Gasteiger partial charge on any atom is 0.338 e. The van der Waals surface area contributed by atoms with E-state index >= 15 is 0 Å². The molecule has 6 saturated heterocycles. The number of rotatable bonds is 25. The Balaban J connectivity index is 0.000000147. The molecule has 0 bridgehead atoms. The highest BCUT2D eigenvalue weighted by Gasteiger charge is 2.48. The molecule has 0 unspecified atom stereocenters. The highest BCUT2D eigenvalue weighted by molar-refractivity contribution is 9.10. The number of aliphatic imine (C=N–C) groups is 3. The van der Waals surface area contributed by atoms with Gasteiger partial charge in [0.15, 0.2) is 43.4 Å². The van der Waals surface area contributed by atoms with Crippen molar-refractivity contribution < 1.29 is 76.4 Å². The molecule has 0 spiro atoms. The Hall–Kier alpha value is -12.6. The molecule has 5 aromatic carbocycles. The number of fused-ring (bicyclic) bond motifs is 3. The molecule has 5 N–H and O–H groups in total. The van der Waals surface area contributed by atoms with Crippen LogP contribution in [0.25, 0.3) is 18.2 Å². The molecule has 135 heavy (non-hydrogen) atoms. The molecule has 6 atom stereocenters. The number of carbonyl (C=O) groups excluding carboxylic acids is 7. The molecule has 43 heteroatoms. The van der Waals surface area contributed by atoms with Crippen LogP contribution in [0.3, 0.4) is 0 Å². The highest BCUT2D eigenvalue weighted by Crippen LogP contribution is 2.43. The molecule has 33 nitrogen and oxygen atoms in total. The Morgan fingerprint density at radius 1 is 0.519 bits per heavy atom.